The predicted octanol–water partition coefficient (Wildman–Crippen LogP) is 1.70. The monoisotopic (exact) mass is 280 g/mol. The molecule has 0 bridgehead atoms. The van der Waals surface area contributed by atoms with Gasteiger partial charge >= 0.3 is 11.9 Å². The Morgan fingerprint density at radius 2 is 1.60 bits per heavy atom. The van der Waals surface area contributed by atoms with Crippen LogP contribution in [-0.2, 0) is 4.79 Å². The van der Waals surface area contributed by atoms with Crippen LogP contribution in [0.25, 0.3) is 0 Å². The summed E-state index contributed by atoms with van der Waals surface area (Å²) in [4.78, 5) is 20.9. The van der Waals surface area contributed by atoms with Crippen LogP contribution in [0.2, 0.25) is 0 Å². The molecule has 1 fully saturated rings. The first-order valence-electron chi connectivity index (χ1n) is 6.47. The quantitative estimate of drug-likeness (QED) is 0.611. The van der Waals surface area contributed by atoms with Crippen LogP contribution in [0.3, 0.4) is 0 Å². The molecule has 6 heteroatoms. The van der Waals surface area contributed by atoms with E-state index < -0.39 is 17.5 Å². The minimum atomic E-state index is -0.988. The third-order valence-corrected chi connectivity index (χ3v) is 3.36. The van der Waals surface area contributed by atoms with Gasteiger partial charge in [0.05, 0.1) is 5.56 Å². The molecule has 0 radical (unpaired) electrons. The first kappa shape index (κ1) is 16.0. The highest BCUT2D eigenvalue weighted by Crippen LogP contribution is 2.25. The van der Waals surface area contributed by atoms with Crippen molar-refractivity contribution in [2.45, 2.75) is 37.6 Å². The van der Waals surface area contributed by atoms with Gasteiger partial charge in [0.2, 0.25) is 0 Å². The van der Waals surface area contributed by atoms with Crippen molar-refractivity contribution in [2.75, 3.05) is 5.73 Å². The van der Waals surface area contributed by atoms with Crippen molar-refractivity contribution in [3.05, 3.63) is 29.8 Å². The van der Waals surface area contributed by atoms with Crippen molar-refractivity contribution in [3.8, 4) is 0 Å². The highest BCUT2D eigenvalue weighted by molar-refractivity contribution is 5.93. The SMILES string of the molecule is NC1(C(=O)O)CCCCC1.Nc1ccccc1C(=O)O. The second kappa shape index (κ2) is 6.91. The van der Waals surface area contributed by atoms with Crippen LogP contribution in [0, 0.1) is 0 Å². The molecule has 1 aromatic carbocycles. The van der Waals surface area contributed by atoms with Crippen LogP contribution in [0.15, 0.2) is 24.3 Å². The number of rotatable bonds is 2. The largest absolute Gasteiger partial charge is 0.480 e. The zero-order valence-electron chi connectivity index (χ0n) is 11.2. The molecule has 6 nitrogen and oxygen atoms in total. The zero-order valence-corrected chi connectivity index (χ0v) is 11.2. The van der Waals surface area contributed by atoms with Gasteiger partial charge < -0.3 is 21.7 Å². The summed E-state index contributed by atoms with van der Waals surface area (Å²) < 4.78 is 0. The first-order valence-corrected chi connectivity index (χ1v) is 6.47. The Morgan fingerprint density at radius 3 is 1.95 bits per heavy atom. The Morgan fingerprint density at radius 1 is 1.05 bits per heavy atom. The van der Waals surface area contributed by atoms with Crippen LogP contribution in [0.1, 0.15) is 42.5 Å². The van der Waals surface area contributed by atoms with Gasteiger partial charge in [-0.15, -0.1) is 0 Å². The van der Waals surface area contributed by atoms with Crippen LogP contribution in [0.4, 0.5) is 5.69 Å². The van der Waals surface area contributed by atoms with E-state index in [1.54, 1.807) is 18.2 Å². The molecule has 110 valence electrons. The highest BCUT2D eigenvalue weighted by atomic mass is 16.4. The van der Waals surface area contributed by atoms with E-state index >= 15 is 0 Å². The summed E-state index contributed by atoms with van der Waals surface area (Å²) in [6, 6.07) is 6.36. The van der Waals surface area contributed by atoms with E-state index in [0.29, 0.717) is 18.5 Å². The van der Waals surface area contributed by atoms with Crippen LogP contribution < -0.4 is 11.5 Å². The van der Waals surface area contributed by atoms with Gasteiger partial charge in [-0.1, -0.05) is 31.4 Å². The molecule has 0 heterocycles. The maximum absolute atomic E-state index is 10.6. The number of nitrogens with two attached hydrogens (primary N) is 2. The van der Waals surface area contributed by atoms with E-state index in [4.69, 9.17) is 21.7 Å². The summed E-state index contributed by atoms with van der Waals surface area (Å²) in [5.41, 5.74) is 10.5. The number of carboxylic acid groups (broad SMARTS) is 2. The van der Waals surface area contributed by atoms with Crippen molar-refractivity contribution < 1.29 is 19.8 Å². The number of anilines is 1. The number of hydrogen-bond donors (Lipinski definition) is 4. The number of benzene rings is 1. The maximum atomic E-state index is 10.6. The number of para-hydroxylation sites is 1. The standard InChI is InChI=1S/C7H13NO2.C7H7NO2/c8-7(6(9)10)4-2-1-3-5-7;8-6-4-2-1-3-5(6)7(9)10/h1-5,8H2,(H,9,10);1-4H,8H2,(H,9,10). The molecule has 1 aromatic rings. The van der Waals surface area contributed by atoms with E-state index in [2.05, 4.69) is 0 Å². The van der Waals surface area contributed by atoms with Gasteiger partial charge in [0.15, 0.2) is 0 Å². The molecule has 1 saturated carbocycles. The molecule has 0 aromatic heterocycles. The fourth-order valence-corrected chi connectivity index (χ4v) is 2.09. The number of nitrogen functional groups attached to an aromatic ring is 1. The molecule has 0 saturated heterocycles. The van der Waals surface area contributed by atoms with Gasteiger partial charge in [0.1, 0.15) is 5.54 Å². The summed E-state index contributed by atoms with van der Waals surface area (Å²) in [6.07, 6.45) is 4.34. The van der Waals surface area contributed by atoms with Crippen molar-refractivity contribution in [3.63, 3.8) is 0 Å². The fourth-order valence-electron chi connectivity index (χ4n) is 2.09. The lowest BCUT2D eigenvalue weighted by atomic mass is 9.83. The lowest BCUT2D eigenvalue weighted by molar-refractivity contribution is -0.144. The number of aromatic carboxylic acids is 1. The van der Waals surface area contributed by atoms with Crippen molar-refractivity contribution in [2.24, 2.45) is 5.73 Å². The van der Waals surface area contributed by atoms with Crippen molar-refractivity contribution in [1.29, 1.82) is 0 Å². The Bertz CT molecular complexity index is 482. The summed E-state index contributed by atoms with van der Waals surface area (Å²) in [5, 5.41) is 17.2. The van der Waals surface area contributed by atoms with Crippen molar-refractivity contribution >= 4 is 17.6 Å². The topological polar surface area (TPSA) is 127 Å². The number of hydrogen-bond acceptors (Lipinski definition) is 4. The average molecular weight is 280 g/mol. The summed E-state index contributed by atoms with van der Waals surface area (Å²) in [6.45, 7) is 0. The second-order valence-corrected chi connectivity index (χ2v) is 4.91. The number of carboxylic acids is 2. The second-order valence-electron chi connectivity index (χ2n) is 4.91. The molecule has 0 spiro atoms. The molecule has 6 N–H and O–H groups in total. The van der Waals surface area contributed by atoms with E-state index in [-0.39, 0.29) is 5.56 Å². The lowest BCUT2D eigenvalue weighted by Gasteiger charge is -2.28. The van der Waals surface area contributed by atoms with E-state index in [9.17, 15) is 9.59 Å². The third-order valence-electron chi connectivity index (χ3n) is 3.36. The Hall–Kier alpha value is -2.08. The Balaban J connectivity index is 0.000000200. The fraction of sp³-hybridized carbons (Fsp3) is 0.429. The Labute approximate surface area is 117 Å². The zero-order chi connectivity index (χ0) is 15.2. The molecular weight excluding hydrogens is 260 g/mol. The van der Waals surface area contributed by atoms with Crippen LogP contribution in [-0.4, -0.2) is 27.7 Å². The van der Waals surface area contributed by atoms with E-state index in [1.807, 2.05) is 0 Å². The lowest BCUT2D eigenvalue weighted by Crippen LogP contribution is -2.49. The smallest absolute Gasteiger partial charge is 0.337 e. The van der Waals surface area contributed by atoms with Crippen LogP contribution in [0.5, 0.6) is 0 Å². The molecule has 0 unspecified atom stereocenters. The number of carbonyl (C=O) groups is 2. The van der Waals surface area contributed by atoms with Gasteiger partial charge in [-0.2, -0.15) is 0 Å². The summed E-state index contributed by atoms with van der Waals surface area (Å²) in [7, 11) is 0. The van der Waals surface area contributed by atoms with E-state index in [0.717, 1.165) is 19.3 Å². The van der Waals surface area contributed by atoms with Crippen LogP contribution >= 0.6 is 0 Å². The molecular formula is C14H20N2O4. The van der Waals surface area contributed by atoms with Gasteiger partial charge in [-0.05, 0) is 25.0 Å². The molecule has 1 aliphatic rings. The summed E-state index contributed by atoms with van der Waals surface area (Å²) >= 11 is 0. The summed E-state index contributed by atoms with van der Waals surface area (Å²) in [5.74, 6) is -1.83. The number of aliphatic carboxylic acids is 1. The highest BCUT2D eigenvalue weighted by Gasteiger charge is 2.34. The minimum Gasteiger partial charge on any atom is -0.480 e. The molecule has 0 aliphatic heterocycles. The molecule has 0 atom stereocenters. The molecule has 1 aliphatic carbocycles. The van der Waals surface area contributed by atoms with Crippen molar-refractivity contribution in [1.82, 2.24) is 0 Å². The molecule has 20 heavy (non-hydrogen) atoms. The normalized spacial score (nSPS) is 16.6. The maximum Gasteiger partial charge on any atom is 0.337 e. The Kier molecular flexibility index (Phi) is 5.52. The average Bonchev–Trinajstić information content (AvgIpc) is 2.40. The van der Waals surface area contributed by atoms with Gasteiger partial charge in [-0.3, -0.25) is 4.79 Å². The van der Waals surface area contributed by atoms with Gasteiger partial charge in [0.25, 0.3) is 0 Å². The minimum absolute atomic E-state index is 0.155. The van der Waals surface area contributed by atoms with Gasteiger partial charge in [0, 0.05) is 5.69 Å². The first-order chi connectivity index (χ1) is 9.37. The third kappa shape index (κ3) is 4.24. The van der Waals surface area contributed by atoms with E-state index in [1.165, 1.54) is 6.07 Å². The predicted molar refractivity (Wildman–Crippen MR) is 75.5 cm³/mol. The molecule has 2 rings (SSSR count). The van der Waals surface area contributed by atoms with Gasteiger partial charge in [-0.25, -0.2) is 4.79 Å². The molecule has 0 amide bonds.